The molecule has 1 aliphatic rings. The number of benzene rings is 1. The number of rotatable bonds is 3. The Bertz CT molecular complexity index is 921. The average molecular weight is 337 g/mol. The van der Waals surface area contributed by atoms with E-state index in [1.165, 1.54) is 0 Å². The molecule has 3 aromatic rings. The fourth-order valence-corrected chi connectivity index (χ4v) is 3.42. The first kappa shape index (κ1) is 15.7. The van der Waals surface area contributed by atoms with Crippen molar-refractivity contribution in [1.29, 1.82) is 0 Å². The van der Waals surface area contributed by atoms with Crippen molar-refractivity contribution in [2.24, 2.45) is 0 Å². The van der Waals surface area contributed by atoms with Crippen LogP contribution >= 0.6 is 0 Å². The average Bonchev–Trinajstić information content (AvgIpc) is 3.26. The quantitative estimate of drug-likeness (QED) is 0.796. The van der Waals surface area contributed by atoms with Gasteiger partial charge in [0.1, 0.15) is 5.75 Å². The van der Waals surface area contributed by atoms with Crippen molar-refractivity contribution in [2.75, 3.05) is 13.7 Å². The zero-order chi connectivity index (χ0) is 17.4. The van der Waals surface area contributed by atoms with Gasteiger partial charge in [-0.3, -0.25) is 4.79 Å². The van der Waals surface area contributed by atoms with Gasteiger partial charge in [-0.15, -0.1) is 0 Å². The van der Waals surface area contributed by atoms with Crippen molar-refractivity contribution in [2.45, 2.75) is 18.6 Å². The van der Waals surface area contributed by atoms with Crippen molar-refractivity contribution in [1.82, 2.24) is 14.3 Å². The highest BCUT2D eigenvalue weighted by Crippen LogP contribution is 2.34. The molecule has 1 aliphatic heterocycles. The molecular formula is C19H19N3O3. The van der Waals surface area contributed by atoms with Crippen LogP contribution in [0.5, 0.6) is 5.75 Å². The van der Waals surface area contributed by atoms with Gasteiger partial charge < -0.3 is 19.1 Å². The summed E-state index contributed by atoms with van der Waals surface area (Å²) < 4.78 is 7.10. The minimum absolute atomic E-state index is 0.0973. The van der Waals surface area contributed by atoms with E-state index in [1.54, 1.807) is 36.8 Å². The second-order valence-corrected chi connectivity index (χ2v) is 6.28. The van der Waals surface area contributed by atoms with Crippen molar-refractivity contribution in [3.05, 3.63) is 66.2 Å². The minimum atomic E-state index is -0.530. The molecule has 0 aliphatic carbocycles. The molecule has 2 atom stereocenters. The summed E-state index contributed by atoms with van der Waals surface area (Å²) in [4.78, 5) is 18.9. The second-order valence-electron chi connectivity index (χ2n) is 6.28. The number of carbonyl (C=O) groups is 1. The molecule has 1 saturated heterocycles. The lowest BCUT2D eigenvalue weighted by Gasteiger charge is -2.25. The molecule has 6 nitrogen and oxygen atoms in total. The van der Waals surface area contributed by atoms with Gasteiger partial charge in [-0.2, -0.15) is 0 Å². The number of pyridine rings is 1. The monoisotopic (exact) mass is 337 g/mol. The van der Waals surface area contributed by atoms with E-state index in [0.29, 0.717) is 18.5 Å². The van der Waals surface area contributed by atoms with Crippen molar-refractivity contribution in [3.8, 4) is 5.75 Å². The summed E-state index contributed by atoms with van der Waals surface area (Å²) in [5.41, 5.74) is 2.47. The molecule has 1 aromatic carbocycles. The number of aliphatic hydroxyl groups is 1. The van der Waals surface area contributed by atoms with E-state index in [4.69, 9.17) is 4.74 Å². The van der Waals surface area contributed by atoms with E-state index in [9.17, 15) is 9.90 Å². The van der Waals surface area contributed by atoms with Crippen LogP contribution in [0.25, 0.3) is 5.52 Å². The molecule has 0 bridgehead atoms. The molecule has 128 valence electrons. The Balaban J connectivity index is 1.67. The Morgan fingerprint density at radius 1 is 1.32 bits per heavy atom. The third-order valence-corrected chi connectivity index (χ3v) is 4.67. The maximum Gasteiger partial charge on any atom is 0.255 e. The van der Waals surface area contributed by atoms with Crippen molar-refractivity contribution < 1.29 is 14.6 Å². The normalized spacial score (nSPS) is 20.2. The highest BCUT2D eigenvalue weighted by molar-refractivity contribution is 5.94. The number of carbonyl (C=O) groups excluding carboxylic acids is 1. The molecule has 0 spiro atoms. The van der Waals surface area contributed by atoms with Gasteiger partial charge >= 0.3 is 0 Å². The zero-order valence-electron chi connectivity index (χ0n) is 13.9. The topological polar surface area (TPSA) is 67.1 Å². The molecule has 0 saturated carbocycles. The van der Waals surface area contributed by atoms with E-state index in [-0.39, 0.29) is 11.9 Å². The number of amides is 1. The van der Waals surface area contributed by atoms with Gasteiger partial charge in [0.2, 0.25) is 0 Å². The predicted molar refractivity (Wildman–Crippen MR) is 92.6 cm³/mol. The number of imidazole rings is 1. The number of aromatic nitrogens is 2. The van der Waals surface area contributed by atoms with Crippen LogP contribution in [0, 0.1) is 0 Å². The molecule has 25 heavy (non-hydrogen) atoms. The third-order valence-electron chi connectivity index (χ3n) is 4.67. The number of β-amino-alcohol motifs (C(OH)–C–C–N with tert-alkyl or cyclic N) is 1. The van der Waals surface area contributed by atoms with Crippen LogP contribution in [0.3, 0.4) is 0 Å². The van der Waals surface area contributed by atoms with Gasteiger partial charge in [-0.1, -0.05) is 12.1 Å². The van der Waals surface area contributed by atoms with Crippen LogP contribution in [-0.4, -0.2) is 45.1 Å². The summed E-state index contributed by atoms with van der Waals surface area (Å²) in [6.45, 7) is 0.322. The summed E-state index contributed by atoms with van der Waals surface area (Å²) >= 11 is 0. The third kappa shape index (κ3) is 2.85. The highest BCUT2D eigenvalue weighted by atomic mass is 16.5. The Labute approximate surface area is 145 Å². The van der Waals surface area contributed by atoms with Gasteiger partial charge in [0.05, 0.1) is 42.9 Å². The molecule has 1 N–H and O–H groups in total. The summed E-state index contributed by atoms with van der Waals surface area (Å²) in [6, 6.07) is 11.1. The van der Waals surface area contributed by atoms with E-state index >= 15 is 0 Å². The van der Waals surface area contributed by atoms with E-state index in [0.717, 1.165) is 16.8 Å². The molecule has 4 rings (SSSR count). The Kier molecular flexibility index (Phi) is 3.89. The van der Waals surface area contributed by atoms with Gasteiger partial charge in [0.25, 0.3) is 5.91 Å². The second kappa shape index (κ2) is 6.22. The summed E-state index contributed by atoms with van der Waals surface area (Å²) in [5.74, 6) is 0.645. The minimum Gasteiger partial charge on any atom is -0.497 e. The smallest absolute Gasteiger partial charge is 0.255 e. The fraction of sp³-hybridized carbons (Fsp3) is 0.263. The maximum atomic E-state index is 13.0. The molecule has 2 unspecified atom stereocenters. The number of hydrogen-bond acceptors (Lipinski definition) is 4. The first-order valence-electron chi connectivity index (χ1n) is 8.20. The fourth-order valence-electron chi connectivity index (χ4n) is 3.42. The van der Waals surface area contributed by atoms with E-state index < -0.39 is 6.10 Å². The van der Waals surface area contributed by atoms with E-state index in [1.807, 2.05) is 34.7 Å². The lowest BCUT2D eigenvalue weighted by Crippen LogP contribution is -2.32. The van der Waals surface area contributed by atoms with Crippen molar-refractivity contribution >= 4 is 11.4 Å². The Morgan fingerprint density at radius 3 is 3.04 bits per heavy atom. The predicted octanol–water partition coefficient (Wildman–Crippen LogP) is 2.29. The number of hydrogen-bond donors (Lipinski definition) is 1. The van der Waals surface area contributed by atoms with Crippen LogP contribution < -0.4 is 4.74 Å². The van der Waals surface area contributed by atoms with Crippen LogP contribution in [0.4, 0.5) is 0 Å². The molecule has 1 fully saturated rings. The summed E-state index contributed by atoms with van der Waals surface area (Å²) in [7, 11) is 1.62. The molecule has 0 radical (unpaired) electrons. The van der Waals surface area contributed by atoms with Gasteiger partial charge in [0.15, 0.2) is 0 Å². The standard InChI is InChI=1S/C19H19N3O3/c1-25-17-4-2-3-13(7-17)18-8-16(23)11-22(18)19(24)14-5-6-15-9-20-12-21(15)10-14/h2-7,9-10,12,16,18,23H,8,11H2,1H3. The first-order valence-corrected chi connectivity index (χ1v) is 8.20. The number of ether oxygens (including phenoxy) is 1. The van der Waals surface area contributed by atoms with Crippen LogP contribution in [0.2, 0.25) is 0 Å². The molecule has 1 amide bonds. The van der Waals surface area contributed by atoms with Crippen LogP contribution in [0.1, 0.15) is 28.4 Å². The molecule has 6 heteroatoms. The maximum absolute atomic E-state index is 13.0. The molecular weight excluding hydrogens is 318 g/mol. The number of aliphatic hydroxyl groups excluding tert-OH is 1. The number of fused-ring (bicyclic) bond motifs is 1. The lowest BCUT2D eigenvalue weighted by molar-refractivity contribution is 0.0715. The van der Waals surface area contributed by atoms with Crippen LogP contribution in [0.15, 0.2) is 55.1 Å². The van der Waals surface area contributed by atoms with Gasteiger partial charge in [-0.05, 0) is 36.2 Å². The first-order chi connectivity index (χ1) is 12.2. The number of likely N-dealkylation sites (tertiary alicyclic amines) is 1. The highest BCUT2D eigenvalue weighted by Gasteiger charge is 2.36. The summed E-state index contributed by atoms with van der Waals surface area (Å²) in [5, 5.41) is 10.2. The van der Waals surface area contributed by atoms with E-state index in [2.05, 4.69) is 4.98 Å². The number of nitrogens with zero attached hydrogens (tertiary/aromatic N) is 3. The Morgan fingerprint density at radius 2 is 2.20 bits per heavy atom. The largest absolute Gasteiger partial charge is 0.497 e. The Hall–Kier alpha value is -2.86. The zero-order valence-corrected chi connectivity index (χ0v) is 13.9. The van der Waals surface area contributed by atoms with Crippen molar-refractivity contribution in [3.63, 3.8) is 0 Å². The SMILES string of the molecule is COc1cccc(C2CC(O)CN2C(=O)c2ccc3cncn3c2)c1. The molecule has 2 aromatic heterocycles. The van der Waals surface area contributed by atoms with Gasteiger partial charge in [-0.25, -0.2) is 4.98 Å². The lowest BCUT2D eigenvalue weighted by atomic mass is 10.0. The van der Waals surface area contributed by atoms with Gasteiger partial charge in [0, 0.05) is 12.7 Å². The summed E-state index contributed by atoms with van der Waals surface area (Å²) in [6.07, 6.45) is 5.18. The number of methoxy groups -OCH3 is 1. The van der Waals surface area contributed by atoms with Crippen LogP contribution in [-0.2, 0) is 0 Å². The molecule has 3 heterocycles.